The number of esters is 1. The molecule has 1 aromatic carbocycles. The van der Waals surface area contributed by atoms with Gasteiger partial charge in [-0.3, -0.25) is 0 Å². The van der Waals surface area contributed by atoms with E-state index in [1.165, 1.54) is 18.3 Å². The van der Waals surface area contributed by atoms with Crippen LogP contribution in [0.4, 0.5) is 10.8 Å². The molecule has 0 aliphatic rings. The van der Waals surface area contributed by atoms with Crippen LogP contribution in [0.25, 0.3) is 0 Å². The van der Waals surface area contributed by atoms with E-state index in [4.69, 9.17) is 9.15 Å². The quantitative estimate of drug-likeness (QED) is 0.342. The van der Waals surface area contributed by atoms with Gasteiger partial charge in [0.15, 0.2) is 0 Å². The van der Waals surface area contributed by atoms with Gasteiger partial charge in [0.25, 0.3) is 0 Å². The van der Waals surface area contributed by atoms with Crippen molar-refractivity contribution in [3.05, 3.63) is 47.9 Å². The highest BCUT2D eigenvalue weighted by molar-refractivity contribution is 5.88. The van der Waals surface area contributed by atoms with Crippen molar-refractivity contribution in [2.45, 2.75) is 26.4 Å². The molecule has 2 aromatic rings. The second-order valence-electron chi connectivity index (χ2n) is 5.36. The lowest BCUT2D eigenvalue weighted by Crippen LogP contribution is -2.32. The summed E-state index contributed by atoms with van der Waals surface area (Å²) < 4.78 is 15.1. The molecule has 1 amide bonds. The van der Waals surface area contributed by atoms with E-state index in [9.17, 15) is 9.59 Å². The van der Waals surface area contributed by atoms with Gasteiger partial charge in [0.2, 0.25) is 0 Å². The van der Waals surface area contributed by atoms with Crippen molar-refractivity contribution in [1.82, 2.24) is 4.98 Å². The normalized spacial score (nSPS) is 9.77. The number of rotatable bonds is 6. The minimum atomic E-state index is -0.590. The maximum absolute atomic E-state index is 12.4. The number of ether oxygens (including phenoxy) is 2. The van der Waals surface area contributed by atoms with Crippen molar-refractivity contribution in [3.8, 4) is 11.8 Å². The van der Waals surface area contributed by atoms with Crippen molar-refractivity contribution in [1.29, 1.82) is 0 Å². The lowest BCUT2D eigenvalue weighted by Gasteiger charge is -2.17. The monoisotopic (exact) mass is 356 g/mol. The van der Waals surface area contributed by atoms with Gasteiger partial charge in [-0.15, -0.1) is 0 Å². The Morgan fingerprint density at radius 2 is 2.04 bits per heavy atom. The number of unbranched alkanes of at least 4 members (excludes halogenated alkanes) is 1. The average molecular weight is 356 g/mol. The van der Waals surface area contributed by atoms with Gasteiger partial charge in [-0.05, 0) is 18.9 Å². The minimum Gasteiger partial charge on any atom is -0.459 e. The Morgan fingerprint density at radius 1 is 1.27 bits per heavy atom. The summed E-state index contributed by atoms with van der Waals surface area (Å²) >= 11 is 0. The Kier molecular flexibility index (Phi) is 7.25. The zero-order valence-electron chi connectivity index (χ0n) is 14.7. The van der Waals surface area contributed by atoms with Crippen molar-refractivity contribution in [2.24, 2.45) is 0 Å². The molecular weight excluding hydrogens is 336 g/mol. The van der Waals surface area contributed by atoms with E-state index in [1.54, 1.807) is 6.92 Å². The van der Waals surface area contributed by atoms with E-state index in [-0.39, 0.29) is 12.6 Å². The molecule has 0 saturated heterocycles. The van der Waals surface area contributed by atoms with E-state index in [2.05, 4.69) is 21.6 Å². The van der Waals surface area contributed by atoms with Crippen LogP contribution in [0, 0.1) is 18.8 Å². The molecule has 0 saturated carbocycles. The SMILES string of the molecule is COC(=O)C#CCCCN(C(=O)OCc1ccccc1)c1nc(C)co1. The number of oxazole rings is 1. The fourth-order valence-corrected chi connectivity index (χ4v) is 2.04. The van der Waals surface area contributed by atoms with Gasteiger partial charge in [-0.1, -0.05) is 36.3 Å². The predicted molar refractivity (Wildman–Crippen MR) is 94.2 cm³/mol. The number of hydrogen-bond donors (Lipinski definition) is 0. The number of benzene rings is 1. The third-order valence-electron chi connectivity index (χ3n) is 3.32. The van der Waals surface area contributed by atoms with Crippen LogP contribution in [-0.2, 0) is 20.9 Å². The molecule has 2 rings (SSSR count). The molecule has 136 valence electrons. The summed E-state index contributed by atoms with van der Waals surface area (Å²) in [6, 6.07) is 9.55. The lowest BCUT2D eigenvalue weighted by molar-refractivity contribution is -0.133. The first-order valence-electron chi connectivity index (χ1n) is 8.07. The van der Waals surface area contributed by atoms with E-state index >= 15 is 0 Å². The Balaban J connectivity index is 1.95. The molecule has 0 aliphatic carbocycles. The summed E-state index contributed by atoms with van der Waals surface area (Å²) in [5, 5.41) is 0. The van der Waals surface area contributed by atoms with Crippen molar-refractivity contribution in [3.63, 3.8) is 0 Å². The van der Waals surface area contributed by atoms with Gasteiger partial charge in [-0.2, -0.15) is 4.98 Å². The third-order valence-corrected chi connectivity index (χ3v) is 3.32. The summed E-state index contributed by atoms with van der Waals surface area (Å²) in [6.07, 6.45) is 1.84. The largest absolute Gasteiger partial charge is 0.459 e. The van der Waals surface area contributed by atoms with Crippen LogP contribution in [0.3, 0.4) is 0 Å². The number of carbonyl (C=O) groups excluding carboxylic acids is 2. The number of aromatic nitrogens is 1. The fourth-order valence-electron chi connectivity index (χ4n) is 2.04. The van der Waals surface area contributed by atoms with Crippen LogP contribution < -0.4 is 4.90 Å². The summed E-state index contributed by atoms with van der Waals surface area (Å²) in [5.41, 5.74) is 1.54. The minimum absolute atomic E-state index is 0.151. The summed E-state index contributed by atoms with van der Waals surface area (Å²) in [7, 11) is 1.27. The predicted octanol–water partition coefficient (Wildman–Crippen LogP) is 3.08. The number of methoxy groups -OCH3 is 1. The van der Waals surface area contributed by atoms with Gasteiger partial charge < -0.3 is 13.9 Å². The zero-order chi connectivity index (χ0) is 18.8. The maximum atomic E-state index is 12.4. The molecule has 0 spiro atoms. The fraction of sp³-hybridized carbons (Fsp3) is 0.316. The first-order valence-corrected chi connectivity index (χ1v) is 8.07. The first-order chi connectivity index (χ1) is 12.6. The number of nitrogens with zero attached hydrogens (tertiary/aromatic N) is 2. The highest BCUT2D eigenvalue weighted by Gasteiger charge is 2.21. The topological polar surface area (TPSA) is 81.9 Å². The van der Waals surface area contributed by atoms with Crippen LogP contribution in [-0.4, -0.2) is 30.7 Å². The maximum Gasteiger partial charge on any atom is 0.418 e. The number of anilines is 1. The van der Waals surface area contributed by atoms with Gasteiger partial charge in [-0.25, -0.2) is 14.5 Å². The van der Waals surface area contributed by atoms with E-state index in [0.29, 0.717) is 25.1 Å². The van der Waals surface area contributed by atoms with Gasteiger partial charge in [0.1, 0.15) is 12.9 Å². The van der Waals surface area contributed by atoms with Crippen LogP contribution in [0.5, 0.6) is 0 Å². The molecule has 0 radical (unpaired) electrons. The summed E-state index contributed by atoms with van der Waals surface area (Å²) in [5.74, 6) is 4.44. The number of carbonyl (C=O) groups is 2. The molecule has 1 aromatic heterocycles. The van der Waals surface area contributed by atoms with E-state index in [1.807, 2.05) is 30.3 Å². The molecule has 0 aliphatic heterocycles. The molecule has 0 fully saturated rings. The average Bonchev–Trinajstić information content (AvgIpc) is 3.09. The second-order valence-corrected chi connectivity index (χ2v) is 5.36. The van der Waals surface area contributed by atoms with Crippen molar-refractivity contribution < 1.29 is 23.5 Å². The molecule has 1 heterocycles. The van der Waals surface area contributed by atoms with Gasteiger partial charge >= 0.3 is 18.1 Å². The molecule has 0 atom stereocenters. The Hall–Kier alpha value is -3.27. The summed E-state index contributed by atoms with van der Waals surface area (Å²) in [4.78, 5) is 28.9. The number of aryl methyl sites for hydroxylation is 1. The Labute approximate surface area is 151 Å². The summed E-state index contributed by atoms with van der Waals surface area (Å²) in [6.45, 7) is 2.21. The number of amides is 1. The lowest BCUT2D eigenvalue weighted by atomic mass is 10.2. The standard InChI is InChI=1S/C19H20N2O5/c1-15-13-25-18(20-15)21(12-8-4-7-11-17(22)24-2)19(23)26-14-16-9-5-3-6-10-16/h3,5-6,9-10,13H,4,8,12,14H2,1-2H3. The van der Waals surface area contributed by atoms with Crippen LogP contribution in [0.2, 0.25) is 0 Å². The van der Waals surface area contributed by atoms with Gasteiger partial charge in [0.05, 0.1) is 12.8 Å². The van der Waals surface area contributed by atoms with Crippen LogP contribution in [0.15, 0.2) is 41.0 Å². The molecule has 0 bridgehead atoms. The molecule has 0 unspecified atom stereocenters. The molecule has 26 heavy (non-hydrogen) atoms. The smallest absolute Gasteiger partial charge is 0.418 e. The Bertz CT molecular complexity index is 789. The number of hydrogen-bond acceptors (Lipinski definition) is 6. The highest BCUT2D eigenvalue weighted by atomic mass is 16.6. The van der Waals surface area contributed by atoms with E-state index < -0.39 is 12.1 Å². The molecule has 7 nitrogen and oxygen atoms in total. The van der Waals surface area contributed by atoms with Crippen molar-refractivity contribution >= 4 is 18.1 Å². The molecule has 7 heteroatoms. The van der Waals surface area contributed by atoms with Crippen molar-refractivity contribution in [2.75, 3.05) is 18.6 Å². The van der Waals surface area contributed by atoms with E-state index in [0.717, 1.165) is 5.56 Å². The van der Waals surface area contributed by atoms with Crippen LogP contribution in [0.1, 0.15) is 24.1 Å². The zero-order valence-corrected chi connectivity index (χ0v) is 14.7. The van der Waals surface area contributed by atoms with Gasteiger partial charge in [0, 0.05) is 18.9 Å². The molecule has 0 N–H and O–H groups in total. The molecular formula is C19H20N2O5. The Morgan fingerprint density at radius 3 is 2.69 bits per heavy atom. The second kappa shape index (κ2) is 9.89. The first kappa shape index (κ1) is 19.1. The third kappa shape index (κ3) is 5.98. The highest BCUT2D eigenvalue weighted by Crippen LogP contribution is 2.16. The van der Waals surface area contributed by atoms with Crippen LogP contribution >= 0.6 is 0 Å².